The predicted octanol–water partition coefficient (Wildman–Crippen LogP) is 38.9. The lowest BCUT2D eigenvalue weighted by molar-refractivity contribution is 1.18. The maximum atomic E-state index is 2.43. The zero-order valence-corrected chi connectivity index (χ0v) is 81.8. The van der Waals surface area contributed by atoms with Crippen molar-refractivity contribution in [1.82, 2.24) is 27.4 Å². The van der Waals surface area contributed by atoms with Crippen LogP contribution in [0.3, 0.4) is 0 Å². The van der Waals surface area contributed by atoms with Gasteiger partial charge in [-0.3, -0.25) is 0 Å². The largest absolute Gasteiger partial charge is 0.309 e. The summed E-state index contributed by atoms with van der Waals surface area (Å²) in [6.07, 6.45) is 0. The van der Waals surface area contributed by atoms with Gasteiger partial charge in [0.2, 0.25) is 0 Å². The molecule has 6 nitrogen and oxygen atoms in total. The Kier molecular flexibility index (Phi) is 20.0. The second kappa shape index (κ2) is 35.0. The summed E-state index contributed by atoms with van der Waals surface area (Å²) in [6, 6.07) is 204. The Morgan fingerprint density at radius 2 is 0.320 bits per heavy atom. The molecule has 32 aromatic rings. The molecule has 0 spiro atoms. The molecule has 6 heterocycles. The lowest BCUT2D eigenvalue weighted by Crippen LogP contribution is -1.94. The Morgan fingerprint density at radius 1 is 0.0933 bits per heavy atom. The first-order valence-electron chi connectivity index (χ1n) is 51.7. The van der Waals surface area contributed by atoms with Gasteiger partial charge in [-0.15, -0.1) is 0 Å². The smallest absolute Gasteiger partial charge is 0.0547 e. The predicted molar refractivity (Wildman–Crippen MR) is 638 cm³/mol. The van der Waals surface area contributed by atoms with Gasteiger partial charge in [-0.25, -0.2) is 0 Å². The molecule has 0 aliphatic carbocycles. The standard InChI is InChI=1S/2C50H32N2.C44H28N2/c1-3-12-35-28-38(21-20-33(35)10-1)37-14-9-15-41(30-37)51-47-18-7-5-16-43(47)45-31-39(23-26-49(45)51)40-24-27-50-46(32-40)44-17-6-8-19-48(44)52(50)42-25-22-34-11-2-4-13-36(34)29-42;1-2-13-35-29-40(26-23-33(35)11-1)52-48-22-8-6-19-44(48)46-32-37(25-28-50(46)52)36-24-27-49-45(31-36)43-18-5-7-21-47(43)51(49)39-16-9-15-38(30-39)42-20-10-14-34-12-3-4-17-41(34)42;1-2-13-34(14-3-1)45-40-17-9-8-16-37(40)38-27-32(20-23-41(38)45)33-21-24-42-39(28-33)44-36-15-7-6-11-30(36)19-25-43(44)46(42)35-22-18-29-10-4-5-12-31(29)26-35/h2*1-32H;1-28H. The number of hydrogen-bond acceptors (Lipinski definition) is 0. The Bertz CT molecular complexity index is 11200. The first-order valence-corrected chi connectivity index (χ1v) is 51.7. The topological polar surface area (TPSA) is 29.6 Å². The van der Waals surface area contributed by atoms with Crippen LogP contribution in [-0.2, 0) is 0 Å². The molecule has 0 saturated heterocycles. The van der Waals surface area contributed by atoms with E-state index in [9.17, 15) is 0 Å². The number of benzene rings is 26. The van der Waals surface area contributed by atoms with Crippen LogP contribution in [0.1, 0.15) is 0 Å². The van der Waals surface area contributed by atoms with Gasteiger partial charge in [0, 0.05) is 98.8 Å². The minimum Gasteiger partial charge on any atom is -0.309 e. The van der Waals surface area contributed by atoms with Crippen molar-refractivity contribution in [1.29, 1.82) is 0 Å². The maximum absolute atomic E-state index is 2.43. The number of rotatable bonds is 11. The molecule has 0 saturated carbocycles. The summed E-state index contributed by atoms with van der Waals surface area (Å²) in [5.74, 6) is 0. The summed E-state index contributed by atoms with van der Waals surface area (Å²) in [7, 11) is 0. The van der Waals surface area contributed by atoms with E-state index in [4.69, 9.17) is 0 Å². The Labute approximate surface area is 864 Å². The van der Waals surface area contributed by atoms with Crippen molar-refractivity contribution >= 4 is 195 Å². The molecule has 0 aliphatic heterocycles. The molecule has 0 radical (unpaired) electrons. The fourth-order valence-electron chi connectivity index (χ4n) is 24.4. The molecule has 0 bridgehead atoms. The Hall–Kier alpha value is -19.9. The zero-order chi connectivity index (χ0) is 98.5. The van der Waals surface area contributed by atoms with Gasteiger partial charge in [-0.05, 0) is 308 Å². The lowest BCUT2D eigenvalue weighted by atomic mass is 9.98. The number of hydrogen-bond donors (Lipinski definition) is 0. The van der Waals surface area contributed by atoms with E-state index in [0.29, 0.717) is 0 Å². The van der Waals surface area contributed by atoms with Crippen LogP contribution in [0.15, 0.2) is 558 Å². The molecule has 0 amide bonds. The van der Waals surface area contributed by atoms with Crippen LogP contribution in [0.4, 0.5) is 0 Å². The normalized spacial score (nSPS) is 11.9. The maximum Gasteiger partial charge on any atom is 0.0547 e. The molecule has 26 aromatic carbocycles. The molecule has 0 atom stereocenters. The van der Waals surface area contributed by atoms with Crippen molar-refractivity contribution < 1.29 is 0 Å². The average Bonchev–Trinajstić information content (AvgIpc) is 1.52. The third kappa shape index (κ3) is 14.2. The molecule has 6 aromatic heterocycles. The third-order valence-corrected chi connectivity index (χ3v) is 31.4. The average molecular weight is 1910 g/mol. The van der Waals surface area contributed by atoms with Gasteiger partial charge in [0.25, 0.3) is 0 Å². The van der Waals surface area contributed by atoms with E-state index >= 15 is 0 Å². The first-order chi connectivity index (χ1) is 74.4. The number of fused-ring (bicyclic) bond motifs is 25. The fraction of sp³-hybridized carbons (Fsp3) is 0. The van der Waals surface area contributed by atoms with Gasteiger partial charge in [0.05, 0.1) is 66.2 Å². The number of nitrogens with zero attached hydrogens (tertiary/aromatic N) is 6. The van der Waals surface area contributed by atoms with E-state index in [1.54, 1.807) is 0 Å². The van der Waals surface area contributed by atoms with E-state index in [1.165, 1.54) is 274 Å². The monoisotopic (exact) mass is 1900 g/mol. The molecule has 698 valence electrons. The number of aromatic nitrogens is 6. The summed E-state index contributed by atoms with van der Waals surface area (Å²) in [5.41, 5.74) is 33.8. The summed E-state index contributed by atoms with van der Waals surface area (Å²) in [6.45, 7) is 0. The molecule has 6 heteroatoms. The van der Waals surface area contributed by atoms with Crippen LogP contribution in [0, 0.1) is 0 Å². The number of para-hydroxylation sites is 6. The van der Waals surface area contributed by atoms with Gasteiger partial charge in [-0.1, -0.05) is 370 Å². The Balaban J connectivity index is 0.000000104. The van der Waals surface area contributed by atoms with Crippen molar-refractivity contribution in [3.8, 4) is 89.8 Å². The summed E-state index contributed by atoms with van der Waals surface area (Å²) >= 11 is 0. The quantitative estimate of drug-likeness (QED) is 0.124. The first kappa shape index (κ1) is 85.6. The van der Waals surface area contributed by atoms with Gasteiger partial charge in [0.1, 0.15) is 0 Å². The molecule has 0 fully saturated rings. The van der Waals surface area contributed by atoms with Crippen LogP contribution < -0.4 is 0 Å². The molecular formula is C144H92N6. The minimum absolute atomic E-state index is 1.16. The molecule has 0 unspecified atom stereocenters. The van der Waals surface area contributed by atoms with E-state index in [2.05, 4.69) is 586 Å². The zero-order valence-electron chi connectivity index (χ0n) is 81.8. The summed E-state index contributed by atoms with van der Waals surface area (Å²) in [5, 5.41) is 30.2. The van der Waals surface area contributed by atoms with Crippen molar-refractivity contribution in [2.24, 2.45) is 0 Å². The van der Waals surface area contributed by atoms with Gasteiger partial charge >= 0.3 is 0 Å². The van der Waals surface area contributed by atoms with Crippen LogP contribution in [0.2, 0.25) is 0 Å². The summed E-state index contributed by atoms with van der Waals surface area (Å²) in [4.78, 5) is 0. The SMILES string of the molecule is c1cc(-c2ccc3ccccc3c2)cc(-n2c3ccccc3c3cc(-c4ccc5c(c4)c4ccccc4n5-c4ccc5ccccc5c4)ccc32)c1.c1cc(-c2cccc3ccccc23)cc(-n2c3ccccc3c3cc(-c4ccc5c(c4)c4ccccc4n5-c4ccc5ccccc5c4)ccc32)c1.c1ccc(-n2c3ccccc3c3cc(-c4ccc5c(c4)c4c6ccccc6ccc4n5-c4ccc5ccccc5c4)ccc32)cc1. The van der Waals surface area contributed by atoms with Crippen molar-refractivity contribution in [2.75, 3.05) is 0 Å². The minimum atomic E-state index is 1.16. The van der Waals surface area contributed by atoms with Gasteiger partial charge in [0.15, 0.2) is 0 Å². The van der Waals surface area contributed by atoms with Crippen LogP contribution in [0.25, 0.3) is 285 Å². The van der Waals surface area contributed by atoms with Crippen molar-refractivity contribution in [2.45, 2.75) is 0 Å². The molecule has 150 heavy (non-hydrogen) atoms. The van der Waals surface area contributed by atoms with Crippen LogP contribution in [-0.4, -0.2) is 27.4 Å². The summed E-state index contributed by atoms with van der Waals surface area (Å²) < 4.78 is 14.5. The highest BCUT2D eigenvalue weighted by molar-refractivity contribution is 6.23. The van der Waals surface area contributed by atoms with E-state index < -0.39 is 0 Å². The van der Waals surface area contributed by atoms with Gasteiger partial charge < -0.3 is 27.4 Å². The van der Waals surface area contributed by atoms with E-state index in [1.807, 2.05) is 0 Å². The molecule has 0 N–H and O–H groups in total. The van der Waals surface area contributed by atoms with Crippen LogP contribution >= 0.6 is 0 Å². The molecule has 0 aliphatic rings. The van der Waals surface area contributed by atoms with Crippen molar-refractivity contribution in [3.63, 3.8) is 0 Å². The second-order valence-corrected chi connectivity index (χ2v) is 39.8. The highest BCUT2D eigenvalue weighted by Crippen LogP contribution is 2.47. The highest BCUT2D eigenvalue weighted by atomic mass is 15.0. The molecular weight excluding hydrogens is 1810 g/mol. The Morgan fingerprint density at radius 3 is 0.720 bits per heavy atom. The van der Waals surface area contributed by atoms with Crippen LogP contribution in [0.5, 0.6) is 0 Å². The third-order valence-electron chi connectivity index (χ3n) is 31.4. The van der Waals surface area contributed by atoms with E-state index in [-0.39, 0.29) is 0 Å². The van der Waals surface area contributed by atoms with E-state index in [0.717, 1.165) is 11.4 Å². The van der Waals surface area contributed by atoms with Crippen molar-refractivity contribution in [3.05, 3.63) is 558 Å². The highest BCUT2D eigenvalue weighted by Gasteiger charge is 2.25. The fourth-order valence-corrected chi connectivity index (χ4v) is 24.4. The van der Waals surface area contributed by atoms with Gasteiger partial charge in [-0.2, -0.15) is 0 Å². The second-order valence-electron chi connectivity index (χ2n) is 39.8. The molecule has 32 rings (SSSR count). The lowest BCUT2D eigenvalue weighted by Gasteiger charge is -2.12.